The molecule has 2 unspecified atom stereocenters. The van der Waals surface area contributed by atoms with Gasteiger partial charge in [-0.15, -0.1) is 35.3 Å². The Kier molecular flexibility index (Phi) is 9.73. The van der Waals surface area contributed by atoms with Gasteiger partial charge in [-0.3, -0.25) is 14.6 Å². The van der Waals surface area contributed by atoms with Gasteiger partial charge in [-0.25, -0.2) is 0 Å². The molecular formula is C20H33IN6S. The highest BCUT2D eigenvalue weighted by molar-refractivity contribution is 14.0. The van der Waals surface area contributed by atoms with Crippen molar-refractivity contribution in [1.82, 2.24) is 25.3 Å². The summed E-state index contributed by atoms with van der Waals surface area (Å²) in [5.41, 5.74) is 1.24. The lowest BCUT2D eigenvalue weighted by Gasteiger charge is -2.38. The minimum atomic E-state index is 0. The lowest BCUT2D eigenvalue weighted by Crippen LogP contribution is -2.40. The van der Waals surface area contributed by atoms with Crippen LogP contribution in [-0.4, -0.2) is 53.9 Å². The van der Waals surface area contributed by atoms with Gasteiger partial charge < -0.3 is 10.6 Å². The van der Waals surface area contributed by atoms with Gasteiger partial charge in [0.15, 0.2) is 5.96 Å². The molecule has 3 heterocycles. The van der Waals surface area contributed by atoms with E-state index in [1.165, 1.54) is 29.8 Å². The van der Waals surface area contributed by atoms with E-state index in [4.69, 9.17) is 4.99 Å². The highest BCUT2D eigenvalue weighted by Gasteiger charge is 2.31. The van der Waals surface area contributed by atoms with Crippen LogP contribution in [0.5, 0.6) is 0 Å². The van der Waals surface area contributed by atoms with Gasteiger partial charge in [-0.2, -0.15) is 5.10 Å². The van der Waals surface area contributed by atoms with Crippen LogP contribution in [0.15, 0.2) is 34.9 Å². The van der Waals surface area contributed by atoms with E-state index in [9.17, 15) is 0 Å². The van der Waals surface area contributed by atoms with Crippen LogP contribution < -0.4 is 10.6 Å². The third-order valence-corrected chi connectivity index (χ3v) is 6.08. The van der Waals surface area contributed by atoms with E-state index in [1.54, 1.807) is 0 Å². The largest absolute Gasteiger partial charge is 0.357 e. The van der Waals surface area contributed by atoms with E-state index in [1.807, 2.05) is 29.3 Å². The number of nitrogens with one attached hydrogen (secondary N) is 2. The molecule has 0 aliphatic carbocycles. The van der Waals surface area contributed by atoms with Gasteiger partial charge in [0.2, 0.25) is 0 Å². The Morgan fingerprint density at radius 3 is 2.89 bits per heavy atom. The first kappa shape index (κ1) is 23.2. The summed E-state index contributed by atoms with van der Waals surface area (Å²) in [4.78, 5) is 8.88. The summed E-state index contributed by atoms with van der Waals surface area (Å²) < 4.78 is 1.85. The fourth-order valence-corrected chi connectivity index (χ4v) is 4.82. The van der Waals surface area contributed by atoms with Crippen LogP contribution in [0.2, 0.25) is 0 Å². The average molecular weight is 516 g/mol. The second-order valence-corrected chi connectivity index (χ2v) is 8.24. The molecule has 0 saturated carbocycles. The number of halogens is 1. The molecule has 8 heteroatoms. The minimum Gasteiger partial charge on any atom is -0.357 e. The number of thiophene rings is 1. The third kappa shape index (κ3) is 6.45. The van der Waals surface area contributed by atoms with E-state index in [0.717, 1.165) is 32.0 Å². The Balaban J connectivity index is 0.00000280. The topological polar surface area (TPSA) is 57.5 Å². The molecule has 156 valence electrons. The molecule has 2 aromatic heterocycles. The molecule has 2 aromatic rings. The maximum Gasteiger partial charge on any atom is 0.191 e. The van der Waals surface area contributed by atoms with E-state index >= 15 is 0 Å². The molecule has 0 bridgehead atoms. The fraction of sp³-hybridized carbons (Fsp3) is 0.600. The van der Waals surface area contributed by atoms with Crippen LogP contribution in [0.4, 0.5) is 0 Å². The van der Waals surface area contributed by atoms with Crippen molar-refractivity contribution < 1.29 is 0 Å². The molecule has 6 nitrogen and oxygen atoms in total. The molecule has 2 atom stereocenters. The predicted molar refractivity (Wildman–Crippen MR) is 129 cm³/mol. The van der Waals surface area contributed by atoms with E-state index < -0.39 is 0 Å². The summed E-state index contributed by atoms with van der Waals surface area (Å²) in [6.07, 6.45) is 7.43. The number of hydrogen-bond acceptors (Lipinski definition) is 4. The monoisotopic (exact) mass is 516 g/mol. The molecule has 3 rings (SSSR count). The van der Waals surface area contributed by atoms with Crippen molar-refractivity contribution in [2.45, 2.75) is 32.2 Å². The Morgan fingerprint density at radius 2 is 2.21 bits per heavy atom. The number of aliphatic imine (C=N–C) groups is 1. The van der Waals surface area contributed by atoms with Crippen LogP contribution in [0, 0.1) is 5.92 Å². The molecule has 1 fully saturated rings. The van der Waals surface area contributed by atoms with Crippen molar-refractivity contribution in [1.29, 1.82) is 0 Å². The second kappa shape index (κ2) is 11.8. The zero-order chi connectivity index (χ0) is 19.1. The zero-order valence-electron chi connectivity index (χ0n) is 17.1. The fourth-order valence-electron chi connectivity index (χ4n) is 3.84. The number of piperidine rings is 1. The van der Waals surface area contributed by atoms with Crippen LogP contribution >= 0.6 is 35.3 Å². The second-order valence-electron chi connectivity index (χ2n) is 7.26. The number of hydrogen-bond donors (Lipinski definition) is 2. The summed E-state index contributed by atoms with van der Waals surface area (Å²) in [6, 6.07) is 4.92. The molecule has 28 heavy (non-hydrogen) atoms. The Labute approximate surface area is 189 Å². The van der Waals surface area contributed by atoms with Gasteiger partial charge in [-0.05, 0) is 62.7 Å². The Morgan fingerprint density at radius 1 is 1.36 bits per heavy atom. The molecule has 0 aromatic carbocycles. The molecule has 2 N–H and O–H groups in total. The summed E-state index contributed by atoms with van der Waals surface area (Å²) in [6.45, 7) is 5.87. The molecular weight excluding hydrogens is 483 g/mol. The number of likely N-dealkylation sites (tertiary alicyclic amines) is 1. The maximum atomic E-state index is 4.92. The van der Waals surface area contributed by atoms with E-state index in [-0.39, 0.29) is 24.0 Å². The van der Waals surface area contributed by atoms with Gasteiger partial charge in [-0.1, -0.05) is 6.07 Å². The number of aromatic nitrogens is 2. The quantitative estimate of drug-likeness (QED) is 0.337. The van der Waals surface area contributed by atoms with E-state index in [2.05, 4.69) is 58.3 Å². The molecule has 1 aliphatic rings. The third-order valence-electron chi connectivity index (χ3n) is 5.13. The van der Waals surface area contributed by atoms with Crippen molar-refractivity contribution in [2.24, 2.45) is 18.0 Å². The van der Waals surface area contributed by atoms with E-state index in [0.29, 0.717) is 12.0 Å². The number of nitrogens with zero attached hydrogens (tertiary/aromatic N) is 4. The number of aryl methyl sites for hydroxylation is 1. The predicted octanol–water partition coefficient (Wildman–Crippen LogP) is 3.28. The molecule has 1 saturated heterocycles. The summed E-state index contributed by atoms with van der Waals surface area (Å²) in [5, 5.41) is 13.3. The lowest BCUT2D eigenvalue weighted by atomic mass is 9.88. The van der Waals surface area contributed by atoms with Crippen LogP contribution in [0.1, 0.15) is 36.2 Å². The zero-order valence-corrected chi connectivity index (χ0v) is 20.2. The van der Waals surface area contributed by atoms with Gasteiger partial charge in [0.1, 0.15) is 0 Å². The number of guanidine groups is 1. The SMILES string of the molecule is CCNC(=NCC1CCCN(C)C1c1cccs1)NCCc1cnn(C)c1.I. The van der Waals surface area contributed by atoms with Crippen molar-refractivity contribution in [3.8, 4) is 0 Å². The van der Waals surface area contributed by atoms with Crippen molar-refractivity contribution in [2.75, 3.05) is 33.2 Å². The Bertz CT molecular complexity index is 714. The lowest BCUT2D eigenvalue weighted by molar-refractivity contribution is 0.128. The Hall–Kier alpha value is -1.13. The molecule has 1 aliphatic heterocycles. The first-order valence-electron chi connectivity index (χ1n) is 9.90. The maximum absolute atomic E-state index is 4.92. The highest BCUT2D eigenvalue weighted by atomic mass is 127. The van der Waals surface area contributed by atoms with Crippen LogP contribution in [-0.2, 0) is 13.5 Å². The normalized spacial score (nSPS) is 20.6. The molecule has 0 spiro atoms. The first-order chi connectivity index (χ1) is 13.2. The van der Waals surface area contributed by atoms with Gasteiger partial charge in [0, 0.05) is 43.8 Å². The standard InChI is InChI=1S/C20H32N6S.HI/c1-4-21-20(22-10-9-16-13-24-26(3)15-16)23-14-17-7-5-11-25(2)19(17)18-8-6-12-27-18;/h6,8,12-13,15,17,19H,4-5,7,9-11,14H2,1-3H3,(H2,21,22,23);1H. The van der Waals surface area contributed by atoms with Crippen LogP contribution in [0.25, 0.3) is 0 Å². The smallest absolute Gasteiger partial charge is 0.191 e. The average Bonchev–Trinajstić information content (AvgIpc) is 3.31. The van der Waals surface area contributed by atoms with Crippen molar-refractivity contribution in [3.05, 3.63) is 40.3 Å². The van der Waals surface area contributed by atoms with Crippen molar-refractivity contribution >= 4 is 41.3 Å². The van der Waals surface area contributed by atoms with Crippen LogP contribution in [0.3, 0.4) is 0 Å². The summed E-state index contributed by atoms with van der Waals surface area (Å²) in [5.74, 6) is 1.48. The van der Waals surface area contributed by atoms with Gasteiger partial charge >= 0.3 is 0 Å². The van der Waals surface area contributed by atoms with Gasteiger partial charge in [0.05, 0.1) is 6.20 Å². The summed E-state index contributed by atoms with van der Waals surface area (Å²) >= 11 is 1.87. The van der Waals surface area contributed by atoms with Gasteiger partial charge in [0.25, 0.3) is 0 Å². The summed E-state index contributed by atoms with van der Waals surface area (Å²) in [7, 11) is 4.20. The highest BCUT2D eigenvalue weighted by Crippen LogP contribution is 2.37. The number of rotatable bonds is 7. The molecule has 0 radical (unpaired) electrons. The van der Waals surface area contributed by atoms with Crippen molar-refractivity contribution in [3.63, 3.8) is 0 Å². The first-order valence-corrected chi connectivity index (χ1v) is 10.8. The minimum absolute atomic E-state index is 0. The molecule has 0 amide bonds.